The maximum absolute atomic E-state index is 10.1. The summed E-state index contributed by atoms with van der Waals surface area (Å²) in [5.74, 6) is 0. The summed E-state index contributed by atoms with van der Waals surface area (Å²) < 4.78 is 4.73. The Morgan fingerprint density at radius 2 is 1.18 bits per heavy atom. The molecule has 2 aromatic heterocycles. The highest BCUT2D eigenvalue weighted by Gasteiger charge is 2.25. The van der Waals surface area contributed by atoms with E-state index in [-0.39, 0.29) is 10.8 Å². The quantitative estimate of drug-likeness (QED) is 0.176. The highest BCUT2D eigenvalue weighted by Crippen LogP contribution is 2.45. The highest BCUT2D eigenvalue weighted by atomic mass is 15.0. The van der Waals surface area contributed by atoms with Gasteiger partial charge in [-0.3, -0.25) is 0 Å². The van der Waals surface area contributed by atoms with E-state index in [1.807, 2.05) is 18.2 Å². The van der Waals surface area contributed by atoms with Gasteiger partial charge in [0.2, 0.25) is 0 Å². The molecule has 0 bridgehead atoms. The topological polar surface area (TPSA) is 38.0 Å². The van der Waals surface area contributed by atoms with Crippen LogP contribution in [0.4, 0.5) is 5.69 Å². The Balaban J connectivity index is 1.61. The van der Waals surface area contributed by atoms with Crippen LogP contribution in [0.1, 0.15) is 58.2 Å². The molecule has 4 heteroatoms. The minimum absolute atomic E-state index is 0.0150. The van der Waals surface area contributed by atoms with E-state index in [9.17, 15) is 5.26 Å². The number of aromatic nitrogens is 2. The Labute approximate surface area is 293 Å². The molecule has 0 aliphatic rings. The molecule has 0 saturated heterocycles. The van der Waals surface area contributed by atoms with E-state index in [0.717, 1.165) is 55.3 Å². The average molecular weight is 647 g/mol. The molecule has 0 N–H and O–H groups in total. The standard InChI is InChI=1S/C46H38N4/c1-45(2,3)31-17-20-40-37(26-31)38-27-32(46(4,5)6)18-21-41(38)50(40)42-22-19-36-35-15-11-12-16-39(35)49(34-13-9-8-10-14-34)44(36)43(42)30-23-29(28-47)24-33(25-30)48-7/h8-27H,1-6H3. The van der Waals surface area contributed by atoms with Gasteiger partial charge in [-0.15, -0.1) is 0 Å². The fourth-order valence-corrected chi connectivity index (χ4v) is 7.46. The van der Waals surface area contributed by atoms with Gasteiger partial charge in [0.1, 0.15) is 0 Å². The lowest BCUT2D eigenvalue weighted by Crippen LogP contribution is -2.10. The molecule has 2 heterocycles. The van der Waals surface area contributed by atoms with Crippen LogP contribution in [0.2, 0.25) is 0 Å². The van der Waals surface area contributed by atoms with Crippen molar-refractivity contribution in [1.82, 2.24) is 9.13 Å². The lowest BCUT2D eigenvalue weighted by molar-refractivity contribution is 0.590. The van der Waals surface area contributed by atoms with Crippen molar-refractivity contribution in [3.8, 4) is 28.6 Å². The molecule has 8 rings (SSSR count). The molecule has 50 heavy (non-hydrogen) atoms. The smallest absolute Gasteiger partial charge is 0.189 e. The van der Waals surface area contributed by atoms with Crippen molar-refractivity contribution in [3.63, 3.8) is 0 Å². The van der Waals surface area contributed by atoms with E-state index >= 15 is 0 Å². The minimum Gasteiger partial charge on any atom is -0.309 e. The Hall–Kier alpha value is -6.10. The molecule has 0 aliphatic carbocycles. The van der Waals surface area contributed by atoms with Crippen LogP contribution in [-0.4, -0.2) is 9.13 Å². The second-order valence-electron chi connectivity index (χ2n) is 15.3. The molecule has 6 aromatic carbocycles. The molecular weight excluding hydrogens is 609 g/mol. The molecule has 0 aliphatic heterocycles. The number of nitriles is 1. The number of para-hydroxylation sites is 2. The highest BCUT2D eigenvalue weighted by molar-refractivity contribution is 6.17. The van der Waals surface area contributed by atoms with Crippen molar-refractivity contribution < 1.29 is 0 Å². The SMILES string of the molecule is [C-]#[N+]c1cc(C#N)cc(-c2c(-n3c4ccc(C(C)(C)C)cc4c4cc(C(C)(C)C)ccc43)ccc3c4ccccc4n(-c4ccccc4)c23)c1. The van der Waals surface area contributed by atoms with Crippen molar-refractivity contribution >= 4 is 49.3 Å². The minimum atomic E-state index is -0.0150. The first-order chi connectivity index (χ1) is 24.0. The Bertz CT molecular complexity index is 2630. The van der Waals surface area contributed by atoms with E-state index in [4.69, 9.17) is 6.57 Å². The number of rotatable bonds is 3. The Morgan fingerprint density at radius 1 is 0.580 bits per heavy atom. The van der Waals surface area contributed by atoms with Gasteiger partial charge < -0.3 is 9.13 Å². The molecule has 242 valence electrons. The zero-order valence-electron chi connectivity index (χ0n) is 29.3. The van der Waals surface area contributed by atoms with Gasteiger partial charge >= 0.3 is 0 Å². The zero-order valence-corrected chi connectivity index (χ0v) is 29.3. The van der Waals surface area contributed by atoms with Crippen LogP contribution >= 0.6 is 0 Å². The Morgan fingerprint density at radius 3 is 1.78 bits per heavy atom. The third kappa shape index (κ3) is 4.88. The monoisotopic (exact) mass is 646 g/mol. The summed E-state index contributed by atoms with van der Waals surface area (Å²) in [7, 11) is 0. The molecule has 0 spiro atoms. The number of hydrogen-bond acceptors (Lipinski definition) is 1. The average Bonchev–Trinajstić information content (AvgIpc) is 3.62. The molecule has 0 saturated carbocycles. The summed E-state index contributed by atoms with van der Waals surface area (Å²) in [5, 5.41) is 14.8. The van der Waals surface area contributed by atoms with Crippen LogP contribution < -0.4 is 0 Å². The predicted molar refractivity (Wildman–Crippen MR) is 209 cm³/mol. The van der Waals surface area contributed by atoms with Crippen molar-refractivity contribution in [2.75, 3.05) is 0 Å². The van der Waals surface area contributed by atoms with Crippen molar-refractivity contribution in [3.05, 3.63) is 149 Å². The molecule has 4 nitrogen and oxygen atoms in total. The summed E-state index contributed by atoms with van der Waals surface area (Å²) >= 11 is 0. The summed E-state index contributed by atoms with van der Waals surface area (Å²) in [6.07, 6.45) is 0. The molecule has 0 atom stereocenters. The first-order valence-electron chi connectivity index (χ1n) is 17.1. The van der Waals surface area contributed by atoms with Crippen LogP contribution in [0.5, 0.6) is 0 Å². The van der Waals surface area contributed by atoms with Gasteiger partial charge in [0, 0.05) is 38.4 Å². The van der Waals surface area contributed by atoms with Crippen LogP contribution in [0.25, 0.3) is 71.0 Å². The maximum Gasteiger partial charge on any atom is 0.189 e. The number of benzene rings is 6. The predicted octanol–water partition coefficient (Wildman–Crippen LogP) is 12.6. The van der Waals surface area contributed by atoms with Crippen LogP contribution in [-0.2, 0) is 10.8 Å². The third-order valence-electron chi connectivity index (χ3n) is 10.0. The molecule has 0 fully saturated rings. The number of hydrogen-bond donors (Lipinski definition) is 0. The normalized spacial score (nSPS) is 12.2. The van der Waals surface area contributed by atoms with E-state index in [1.54, 1.807) is 6.07 Å². The summed E-state index contributed by atoms with van der Waals surface area (Å²) in [6.45, 7) is 21.5. The molecule has 0 unspecified atom stereocenters. The van der Waals surface area contributed by atoms with Gasteiger partial charge in [0.05, 0.1) is 40.4 Å². The summed E-state index contributed by atoms with van der Waals surface area (Å²) in [4.78, 5) is 3.81. The van der Waals surface area contributed by atoms with Gasteiger partial charge in [-0.05, 0) is 94.3 Å². The lowest BCUT2D eigenvalue weighted by atomic mass is 9.85. The van der Waals surface area contributed by atoms with Crippen LogP contribution in [0.15, 0.2) is 121 Å². The van der Waals surface area contributed by atoms with Gasteiger partial charge in [-0.1, -0.05) is 96.1 Å². The van der Waals surface area contributed by atoms with Crippen molar-refractivity contribution in [2.24, 2.45) is 0 Å². The molecule has 8 aromatic rings. The third-order valence-corrected chi connectivity index (χ3v) is 10.0. The second kappa shape index (κ2) is 11.2. The second-order valence-corrected chi connectivity index (χ2v) is 15.3. The molecular formula is C46H38N4. The first-order valence-corrected chi connectivity index (χ1v) is 17.1. The van der Waals surface area contributed by atoms with Gasteiger partial charge in [-0.25, -0.2) is 4.85 Å². The molecule has 0 amide bonds. The van der Waals surface area contributed by atoms with Crippen molar-refractivity contribution in [1.29, 1.82) is 5.26 Å². The van der Waals surface area contributed by atoms with E-state index in [1.165, 1.54) is 21.9 Å². The van der Waals surface area contributed by atoms with E-state index < -0.39 is 0 Å². The first kappa shape index (κ1) is 31.2. The van der Waals surface area contributed by atoms with Crippen LogP contribution in [0, 0.1) is 17.9 Å². The number of fused-ring (bicyclic) bond motifs is 6. The fraction of sp³-hybridized carbons (Fsp3) is 0.174. The molecule has 0 radical (unpaired) electrons. The lowest BCUT2D eigenvalue weighted by Gasteiger charge is -2.20. The van der Waals surface area contributed by atoms with Gasteiger partial charge in [0.15, 0.2) is 5.69 Å². The van der Waals surface area contributed by atoms with Crippen molar-refractivity contribution in [2.45, 2.75) is 52.4 Å². The largest absolute Gasteiger partial charge is 0.309 e. The Kier molecular flexibility index (Phi) is 7.00. The number of nitrogens with zero attached hydrogens (tertiary/aromatic N) is 4. The van der Waals surface area contributed by atoms with Gasteiger partial charge in [0.25, 0.3) is 0 Å². The van der Waals surface area contributed by atoms with Crippen LogP contribution in [0.3, 0.4) is 0 Å². The maximum atomic E-state index is 10.1. The fourth-order valence-electron chi connectivity index (χ4n) is 7.46. The van der Waals surface area contributed by atoms with E-state index in [2.05, 4.69) is 159 Å². The zero-order chi connectivity index (χ0) is 34.9. The summed E-state index contributed by atoms with van der Waals surface area (Å²) in [6, 6.07) is 45.1. The van der Waals surface area contributed by atoms with E-state index in [0.29, 0.717) is 11.3 Å². The van der Waals surface area contributed by atoms with Gasteiger partial charge in [-0.2, -0.15) is 5.26 Å². The summed E-state index contributed by atoms with van der Waals surface area (Å²) in [5.41, 5.74) is 11.7.